The summed E-state index contributed by atoms with van der Waals surface area (Å²) in [5.41, 5.74) is 2.08. The predicted octanol–water partition coefficient (Wildman–Crippen LogP) is 3.42. The summed E-state index contributed by atoms with van der Waals surface area (Å²) in [6.07, 6.45) is -1.81. The molecule has 0 spiro atoms. The molecule has 0 aliphatic carbocycles. The molecule has 1 aromatic carbocycles. The Bertz CT molecular complexity index is 1460. The molecular formula is C22H19F3N4O5S. The lowest BCUT2D eigenvalue weighted by atomic mass is 10.1. The van der Waals surface area contributed by atoms with E-state index in [4.69, 9.17) is 14.6 Å². The summed E-state index contributed by atoms with van der Waals surface area (Å²) in [6, 6.07) is 7.62. The third-order valence-electron chi connectivity index (χ3n) is 4.81. The van der Waals surface area contributed by atoms with E-state index < -0.39 is 12.1 Å². The number of carboxylic acid groups (broad SMARTS) is 1. The number of nitrogens with zero attached hydrogens (tertiary/aromatic N) is 3. The largest absolute Gasteiger partial charge is 0.494 e. The molecule has 35 heavy (non-hydrogen) atoms. The third-order valence-corrected chi connectivity index (χ3v) is 6.01. The summed E-state index contributed by atoms with van der Waals surface area (Å²) in [6.45, 7) is 2.09. The van der Waals surface area contributed by atoms with Crippen LogP contribution in [-0.2, 0) is 18.4 Å². The molecule has 3 aromatic heterocycles. The number of pyridine rings is 1. The van der Waals surface area contributed by atoms with E-state index in [0.717, 1.165) is 21.3 Å². The van der Waals surface area contributed by atoms with E-state index in [-0.39, 0.29) is 18.0 Å². The minimum atomic E-state index is -5.08. The molecule has 2 N–H and O–H groups in total. The van der Waals surface area contributed by atoms with Gasteiger partial charge >= 0.3 is 12.1 Å². The number of benzene rings is 1. The maximum atomic E-state index is 12.9. The van der Waals surface area contributed by atoms with Crippen molar-refractivity contribution >= 4 is 44.2 Å². The number of aromatic nitrogens is 3. The van der Waals surface area contributed by atoms with Crippen LogP contribution in [0.25, 0.3) is 21.0 Å². The van der Waals surface area contributed by atoms with Gasteiger partial charge in [-0.15, -0.1) is 11.3 Å². The van der Waals surface area contributed by atoms with Crippen molar-refractivity contribution in [2.24, 2.45) is 7.05 Å². The van der Waals surface area contributed by atoms with E-state index in [0.29, 0.717) is 21.7 Å². The minimum Gasteiger partial charge on any atom is -0.494 e. The third kappa shape index (κ3) is 5.40. The van der Waals surface area contributed by atoms with Crippen molar-refractivity contribution in [1.29, 1.82) is 0 Å². The first-order chi connectivity index (χ1) is 16.5. The fourth-order valence-electron chi connectivity index (χ4n) is 3.14. The number of amides is 1. The number of nitrogens with one attached hydrogen (secondary N) is 1. The van der Waals surface area contributed by atoms with Crippen molar-refractivity contribution < 1.29 is 32.6 Å². The molecule has 0 aliphatic heterocycles. The van der Waals surface area contributed by atoms with Crippen molar-refractivity contribution in [1.82, 2.24) is 19.9 Å². The lowest BCUT2D eigenvalue weighted by Gasteiger charge is -2.07. The van der Waals surface area contributed by atoms with Crippen LogP contribution in [0.1, 0.15) is 21.1 Å². The molecule has 4 rings (SSSR count). The van der Waals surface area contributed by atoms with Gasteiger partial charge in [-0.25, -0.2) is 4.79 Å². The van der Waals surface area contributed by atoms with Gasteiger partial charge < -0.3 is 19.7 Å². The van der Waals surface area contributed by atoms with Crippen LogP contribution in [0.4, 0.5) is 13.2 Å². The summed E-state index contributed by atoms with van der Waals surface area (Å²) >= 11 is 1.26. The number of methoxy groups -OCH3 is 1. The SMILES string of the molecule is COc1c(C(=O)NCc2cnc(C)cn2)sc2c1c(=O)n(C)c1ccccc21.O=C(O)C(F)(F)F. The molecule has 4 aromatic rings. The zero-order valence-corrected chi connectivity index (χ0v) is 19.5. The first kappa shape index (κ1) is 25.6. The molecular weight excluding hydrogens is 489 g/mol. The average Bonchev–Trinajstić information content (AvgIpc) is 3.22. The van der Waals surface area contributed by atoms with Crippen molar-refractivity contribution in [3.8, 4) is 5.75 Å². The zero-order chi connectivity index (χ0) is 25.9. The maximum Gasteiger partial charge on any atom is 0.490 e. The number of aryl methyl sites for hydroxylation is 2. The van der Waals surface area contributed by atoms with Gasteiger partial charge in [0, 0.05) is 18.6 Å². The number of para-hydroxylation sites is 1. The molecule has 0 bridgehead atoms. The lowest BCUT2D eigenvalue weighted by molar-refractivity contribution is -0.192. The smallest absolute Gasteiger partial charge is 0.490 e. The van der Waals surface area contributed by atoms with Gasteiger partial charge in [-0.05, 0) is 13.0 Å². The first-order valence-electron chi connectivity index (χ1n) is 9.89. The number of halogens is 3. The predicted molar refractivity (Wildman–Crippen MR) is 123 cm³/mol. The van der Waals surface area contributed by atoms with Gasteiger partial charge in [-0.3, -0.25) is 19.6 Å². The van der Waals surface area contributed by atoms with Gasteiger partial charge in [0.1, 0.15) is 10.3 Å². The van der Waals surface area contributed by atoms with Crippen LogP contribution in [0.15, 0.2) is 41.5 Å². The molecule has 0 saturated carbocycles. The molecule has 0 saturated heterocycles. The fraction of sp³-hybridized carbons (Fsp3) is 0.227. The summed E-state index contributed by atoms with van der Waals surface area (Å²) in [7, 11) is 3.19. The molecule has 13 heteroatoms. The quantitative estimate of drug-likeness (QED) is 0.433. The Hall–Kier alpha value is -4.00. The normalized spacial score (nSPS) is 11.1. The second-order valence-corrected chi connectivity index (χ2v) is 8.21. The van der Waals surface area contributed by atoms with Gasteiger partial charge in [0.25, 0.3) is 11.5 Å². The van der Waals surface area contributed by atoms with Crippen LogP contribution < -0.4 is 15.6 Å². The van der Waals surface area contributed by atoms with Gasteiger partial charge in [-0.2, -0.15) is 13.2 Å². The Kier molecular flexibility index (Phi) is 7.39. The lowest BCUT2D eigenvalue weighted by Crippen LogP contribution is -2.23. The number of aliphatic carboxylic acids is 1. The topological polar surface area (TPSA) is 123 Å². The number of hydrogen-bond donors (Lipinski definition) is 2. The first-order valence-corrected chi connectivity index (χ1v) is 10.7. The number of hydrogen-bond acceptors (Lipinski definition) is 7. The molecule has 184 valence electrons. The number of carbonyl (C=O) groups excluding carboxylic acids is 1. The second-order valence-electron chi connectivity index (χ2n) is 7.18. The number of carboxylic acids is 1. The molecule has 1 amide bonds. The van der Waals surface area contributed by atoms with Crippen molar-refractivity contribution in [2.75, 3.05) is 7.11 Å². The molecule has 0 fully saturated rings. The number of ether oxygens (including phenoxy) is 1. The van der Waals surface area contributed by atoms with E-state index in [1.807, 2.05) is 31.2 Å². The molecule has 3 heterocycles. The van der Waals surface area contributed by atoms with Crippen LogP contribution >= 0.6 is 11.3 Å². The zero-order valence-electron chi connectivity index (χ0n) is 18.6. The van der Waals surface area contributed by atoms with Gasteiger partial charge in [-0.1, -0.05) is 18.2 Å². The van der Waals surface area contributed by atoms with Crippen molar-refractivity contribution in [3.63, 3.8) is 0 Å². The Morgan fingerprint density at radius 3 is 2.43 bits per heavy atom. The van der Waals surface area contributed by atoms with Crippen LogP contribution in [0.2, 0.25) is 0 Å². The summed E-state index contributed by atoms with van der Waals surface area (Å²) in [5.74, 6) is -2.77. The van der Waals surface area contributed by atoms with E-state index in [1.54, 1.807) is 24.0 Å². The molecule has 0 aliphatic rings. The standard InChI is InChI=1S/C20H18N4O3S.C2HF3O2/c1-11-8-22-12(9-21-11)10-23-19(25)18-16(27-3)15-17(28-18)13-6-4-5-7-14(13)24(2)20(15)26;3-2(4,5)1(6)7/h4-9H,10H2,1-3H3,(H,23,25);(H,6,7). The number of alkyl halides is 3. The van der Waals surface area contributed by atoms with E-state index in [9.17, 15) is 22.8 Å². The highest BCUT2D eigenvalue weighted by Crippen LogP contribution is 2.39. The van der Waals surface area contributed by atoms with Gasteiger partial charge in [0.2, 0.25) is 0 Å². The average molecular weight is 508 g/mol. The summed E-state index contributed by atoms with van der Waals surface area (Å²) in [4.78, 5) is 43.4. The number of rotatable bonds is 4. The van der Waals surface area contributed by atoms with E-state index >= 15 is 0 Å². The molecule has 0 unspecified atom stereocenters. The summed E-state index contributed by atoms with van der Waals surface area (Å²) < 4.78 is 39.5. The van der Waals surface area contributed by atoms with E-state index in [2.05, 4.69) is 15.3 Å². The Labute approximate surface area is 199 Å². The van der Waals surface area contributed by atoms with Crippen LogP contribution in [0.3, 0.4) is 0 Å². The monoisotopic (exact) mass is 508 g/mol. The van der Waals surface area contributed by atoms with Gasteiger partial charge in [0.15, 0.2) is 5.75 Å². The summed E-state index contributed by atoms with van der Waals surface area (Å²) in [5, 5.41) is 11.3. The highest BCUT2D eigenvalue weighted by molar-refractivity contribution is 7.22. The minimum absolute atomic E-state index is 0.190. The number of carbonyl (C=O) groups is 2. The number of thiophene rings is 1. The fourth-order valence-corrected chi connectivity index (χ4v) is 4.35. The maximum absolute atomic E-state index is 12.9. The Morgan fingerprint density at radius 2 is 1.86 bits per heavy atom. The Morgan fingerprint density at radius 1 is 1.20 bits per heavy atom. The molecule has 9 nitrogen and oxygen atoms in total. The number of fused-ring (bicyclic) bond motifs is 3. The molecule has 0 radical (unpaired) electrons. The van der Waals surface area contributed by atoms with Crippen LogP contribution in [-0.4, -0.2) is 44.8 Å². The van der Waals surface area contributed by atoms with Crippen LogP contribution in [0, 0.1) is 6.92 Å². The van der Waals surface area contributed by atoms with Crippen LogP contribution in [0.5, 0.6) is 5.75 Å². The molecule has 0 atom stereocenters. The van der Waals surface area contributed by atoms with Gasteiger partial charge in [0.05, 0.1) is 41.5 Å². The second kappa shape index (κ2) is 10.1. The van der Waals surface area contributed by atoms with E-state index in [1.165, 1.54) is 18.4 Å². The Balaban J connectivity index is 0.000000429. The van der Waals surface area contributed by atoms with Crippen molar-refractivity contribution in [2.45, 2.75) is 19.6 Å². The van der Waals surface area contributed by atoms with Crippen molar-refractivity contribution in [3.05, 3.63) is 63.3 Å². The highest BCUT2D eigenvalue weighted by Gasteiger charge is 2.38. The highest BCUT2D eigenvalue weighted by atomic mass is 32.1.